The van der Waals surface area contributed by atoms with Crippen LogP contribution < -0.4 is 0 Å². The molecule has 2 aromatic rings. The second-order valence-corrected chi connectivity index (χ2v) is 6.30. The molecule has 0 amide bonds. The number of phenols is 4. The van der Waals surface area contributed by atoms with Gasteiger partial charge in [-0.25, -0.2) is 0 Å². The lowest BCUT2D eigenvalue weighted by atomic mass is 10.0. The van der Waals surface area contributed by atoms with Gasteiger partial charge in [-0.15, -0.1) is 0 Å². The SMILES string of the molecule is Oc1c(Cl)c(Cl)c(O)c(-c2c(O)c(Cl)c(Cl)c(O)c2Cl)c1Cl. The van der Waals surface area contributed by atoms with E-state index in [1.807, 2.05) is 0 Å². The first-order valence-corrected chi connectivity index (χ1v) is 7.55. The van der Waals surface area contributed by atoms with E-state index in [0.29, 0.717) is 0 Å². The zero-order valence-electron chi connectivity index (χ0n) is 10.1. The van der Waals surface area contributed by atoms with E-state index in [0.717, 1.165) is 0 Å². The fourth-order valence-electron chi connectivity index (χ4n) is 1.73. The second kappa shape index (κ2) is 6.11. The monoisotopic (exact) mass is 422 g/mol. The minimum atomic E-state index is -0.676. The second-order valence-electron chi connectivity index (χ2n) is 4.03. The average molecular weight is 425 g/mol. The fourth-order valence-corrected chi connectivity index (χ4v) is 3.12. The Morgan fingerprint density at radius 3 is 0.864 bits per heavy atom. The highest BCUT2D eigenvalue weighted by Gasteiger charge is 2.29. The maximum Gasteiger partial charge on any atom is 0.155 e. The van der Waals surface area contributed by atoms with Gasteiger partial charge >= 0.3 is 0 Å². The summed E-state index contributed by atoms with van der Waals surface area (Å²) in [7, 11) is 0. The largest absolute Gasteiger partial charge is 0.506 e. The van der Waals surface area contributed by atoms with E-state index >= 15 is 0 Å². The number of hydrogen-bond acceptors (Lipinski definition) is 4. The summed E-state index contributed by atoms with van der Waals surface area (Å²) in [5.41, 5.74) is -0.741. The Morgan fingerprint density at radius 1 is 0.364 bits per heavy atom. The normalized spacial score (nSPS) is 11.0. The van der Waals surface area contributed by atoms with Gasteiger partial charge in [-0.3, -0.25) is 0 Å². The number of phenolic OH excluding ortho intramolecular Hbond substituents is 4. The molecule has 0 fully saturated rings. The van der Waals surface area contributed by atoms with Crippen molar-refractivity contribution in [3.63, 3.8) is 0 Å². The van der Waals surface area contributed by atoms with Crippen molar-refractivity contribution in [1.82, 2.24) is 0 Å². The van der Waals surface area contributed by atoms with Crippen LogP contribution in [0.5, 0.6) is 23.0 Å². The standard InChI is InChI=1S/C12H4Cl6O4/c13-3-1(9(19)5(15)7(17)11(3)21)2-4(14)12(22)8(18)6(16)10(2)20/h19-22H. The Balaban J connectivity index is 3.03. The van der Waals surface area contributed by atoms with Crippen molar-refractivity contribution < 1.29 is 20.4 Å². The van der Waals surface area contributed by atoms with Gasteiger partial charge in [0.15, 0.2) is 11.5 Å². The fraction of sp³-hybridized carbons (Fsp3) is 0. The summed E-state index contributed by atoms with van der Waals surface area (Å²) in [5, 5.41) is 37.3. The van der Waals surface area contributed by atoms with Crippen LogP contribution in [-0.2, 0) is 0 Å². The highest BCUT2D eigenvalue weighted by atomic mass is 35.5. The Morgan fingerprint density at radius 2 is 0.591 bits per heavy atom. The van der Waals surface area contributed by atoms with E-state index in [4.69, 9.17) is 69.6 Å². The quantitative estimate of drug-likeness (QED) is 0.329. The van der Waals surface area contributed by atoms with Crippen LogP contribution in [0.4, 0.5) is 0 Å². The lowest BCUT2D eigenvalue weighted by molar-refractivity contribution is 0.456. The van der Waals surface area contributed by atoms with Crippen molar-refractivity contribution in [1.29, 1.82) is 0 Å². The molecule has 0 aliphatic heterocycles. The summed E-state index contributed by atoms with van der Waals surface area (Å²) in [4.78, 5) is 0. The first-order valence-electron chi connectivity index (χ1n) is 5.28. The molecule has 4 nitrogen and oxygen atoms in total. The zero-order chi connectivity index (χ0) is 16.9. The maximum absolute atomic E-state index is 10.1. The number of benzene rings is 2. The Kier molecular flexibility index (Phi) is 4.93. The van der Waals surface area contributed by atoms with Crippen molar-refractivity contribution in [3.05, 3.63) is 30.1 Å². The van der Waals surface area contributed by atoms with Gasteiger partial charge in [-0.2, -0.15) is 0 Å². The van der Waals surface area contributed by atoms with Crippen molar-refractivity contribution >= 4 is 69.6 Å². The van der Waals surface area contributed by atoms with Crippen molar-refractivity contribution in [2.24, 2.45) is 0 Å². The molecule has 10 heteroatoms. The predicted molar refractivity (Wildman–Crippen MR) is 88.6 cm³/mol. The molecule has 22 heavy (non-hydrogen) atoms. The summed E-state index contributed by atoms with van der Waals surface area (Å²) < 4.78 is 0. The summed E-state index contributed by atoms with van der Waals surface area (Å²) in [6.07, 6.45) is 0. The van der Waals surface area contributed by atoms with E-state index in [-0.39, 0.29) is 11.1 Å². The van der Waals surface area contributed by atoms with Gasteiger partial charge in [0.25, 0.3) is 0 Å². The number of aromatic hydroxyl groups is 4. The predicted octanol–water partition coefficient (Wildman–Crippen LogP) is 6.10. The minimum Gasteiger partial charge on any atom is -0.506 e. The molecular formula is C12H4Cl6O4. The molecule has 0 unspecified atom stereocenters. The van der Waals surface area contributed by atoms with Crippen LogP contribution in [0.2, 0.25) is 30.1 Å². The summed E-state index contributed by atoms with van der Waals surface area (Å²) in [6.45, 7) is 0. The van der Waals surface area contributed by atoms with E-state index in [1.165, 1.54) is 0 Å². The summed E-state index contributed by atoms with van der Waals surface area (Å²) in [5.74, 6) is -2.65. The molecule has 118 valence electrons. The molecule has 2 rings (SSSR count). The van der Waals surface area contributed by atoms with Gasteiger partial charge in [0.2, 0.25) is 0 Å². The summed E-state index contributed by atoms with van der Waals surface area (Å²) in [6, 6.07) is 0. The van der Waals surface area contributed by atoms with Crippen LogP contribution in [0.25, 0.3) is 11.1 Å². The lowest BCUT2D eigenvalue weighted by Gasteiger charge is -2.17. The van der Waals surface area contributed by atoms with Gasteiger partial charge in [-0.1, -0.05) is 69.6 Å². The molecule has 0 saturated carbocycles. The Labute approximate surface area is 153 Å². The molecular weight excluding hydrogens is 421 g/mol. The average Bonchev–Trinajstić information content (AvgIpc) is 2.50. The third kappa shape index (κ3) is 2.48. The zero-order valence-corrected chi connectivity index (χ0v) is 14.6. The molecule has 0 bridgehead atoms. The van der Waals surface area contributed by atoms with Gasteiger partial charge in [0.1, 0.15) is 31.6 Å². The molecule has 2 aromatic carbocycles. The highest BCUT2D eigenvalue weighted by molar-refractivity contribution is 6.49. The van der Waals surface area contributed by atoms with Crippen LogP contribution in [0, 0.1) is 0 Å². The third-order valence-corrected chi connectivity index (χ3v) is 5.20. The van der Waals surface area contributed by atoms with Gasteiger partial charge in [0.05, 0.1) is 21.2 Å². The van der Waals surface area contributed by atoms with Crippen LogP contribution in [0.3, 0.4) is 0 Å². The Bertz CT molecular complexity index is 680. The van der Waals surface area contributed by atoms with Crippen molar-refractivity contribution in [2.75, 3.05) is 0 Å². The molecule has 0 atom stereocenters. The maximum atomic E-state index is 10.1. The van der Waals surface area contributed by atoms with Gasteiger partial charge < -0.3 is 20.4 Å². The van der Waals surface area contributed by atoms with Crippen LogP contribution in [-0.4, -0.2) is 20.4 Å². The molecule has 0 aromatic heterocycles. The number of rotatable bonds is 1. The van der Waals surface area contributed by atoms with Crippen molar-refractivity contribution in [2.45, 2.75) is 0 Å². The Hall–Kier alpha value is -0.620. The van der Waals surface area contributed by atoms with Gasteiger partial charge in [0, 0.05) is 0 Å². The van der Waals surface area contributed by atoms with Crippen LogP contribution >= 0.6 is 69.6 Å². The molecule has 0 saturated heterocycles. The number of hydrogen-bond donors (Lipinski definition) is 4. The smallest absolute Gasteiger partial charge is 0.155 e. The van der Waals surface area contributed by atoms with Crippen LogP contribution in [0.1, 0.15) is 0 Å². The van der Waals surface area contributed by atoms with E-state index in [2.05, 4.69) is 0 Å². The summed E-state index contributed by atoms with van der Waals surface area (Å²) >= 11 is 34.8. The minimum absolute atomic E-state index is 0.370. The topological polar surface area (TPSA) is 80.9 Å². The highest BCUT2D eigenvalue weighted by Crippen LogP contribution is 2.57. The molecule has 0 aliphatic carbocycles. The molecule has 0 spiro atoms. The molecule has 4 N–H and O–H groups in total. The molecule has 0 heterocycles. The van der Waals surface area contributed by atoms with Crippen LogP contribution in [0.15, 0.2) is 0 Å². The first kappa shape index (κ1) is 17.7. The first-order chi connectivity index (χ1) is 10.1. The molecule has 0 radical (unpaired) electrons. The van der Waals surface area contributed by atoms with Gasteiger partial charge in [-0.05, 0) is 0 Å². The van der Waals surface area contributed by atoms with E-state index in [1.54, 1.807) is 0 Å². The third-order valence-electron chi connectivity index (χ3n) is 2.80. The van der Waals surface area contributed by atoms with E-state index in [9.17, 15) is 20.4 Å². The molecule has 0 aliphatic rings. The number of halogens is 6. The van der Waals surface area contributed by atoms with E-state index < -0.39 is 53.1 Å². The lowest BCUT2D eigenvalue weighted by Crippen LogP contribution is -1.90. The van der Waals surface area contributed by atoms with Crippen molar-refractivity contribution in [3.8, 4) is 34.1 Å².